The van der Waals surface area contributed by atoms with Gasteiger partial charge in [-0.05, 0) is 18.2 Å². The maximum absolute atomic E-state index is 12.2. The van der Waals surface area contributed by atoms with Gasteiger partial charge in [-0.1, -0.05) is 15.9 Å². The van der Waals surface area contributed by atoms with Gasteiger partial charge in [-0.15, -0.1) is 0 Å². The molecule has 0 amide bonds. The highest BCUT2D eigenvalue weighted by molar-refractivity contribution is 9.10. The third-order valence-corrected chi connectivity index (χ3v) is 1.98. The molecule has 83 valence electrons. The second-order valence-electron chi connectivity index (χ2n) is 2.60. The van der Waals surface area contributed by atoms with E-state index in [1.54, 1.807) is 0 Å². The molecule has 0 heterocycles. The van der Waals surface area contributed by atoms with Crippen molar-refractivity contribution in [2.24, 2.45) is 0 Å². The van der Waals surface area contributed by atoms with Crippen LogP contribution in [-0.2, 0) is 12.4 Å². The Bertz CT molecular complexity index is 364. The SMILES string of the molecule is FC(F)(F)c1c[c]c(Br)cc1C(F)(F)F. The molecule has 0 bridgehead atoms. The minimum absolute atomic E-state index is 0.178. The number of hydrogen-bond acceptors (Lipinski definition) is 0. The number of hydrogen-bond donors (Lipinski definition) is 0. The Kier molecular flexibility index (Phi) is 3.04. The fourth-order valence-electron chi connectivity index (χ4n) is 0.934. The summed E-state index contributed by atoms with van der Waals surface area (Å²) in [6, 6.07) is 2.64. The maximum Gasteiger partial charge on any atom is 0.417 e. The Balaban J connectivity index is 3.41. The number of benzene rings is 1. The van der Waals surface area contributed by atoms with Crippen molar-refractivity contribution in [3.8, 4) is 0 Å². The monoisotopic (exact) mass is 291 g/mol. The summed E-state index contributed by atoms with van der Waals surface area (Å²) in [7, 11) is 0. The van der Waals surface area contributed by atoms with Crippen LogP contribution < -0.4 is 0 Å². The van der Waals surface area contributed by atoms with Crippen molar-refractivity contribution in [1.82, 2.24) is 0 Å². The van der Waals surface area contributed by atoms with Crippen molar-refractivity contribution in [2.45, 2.75) is 12.4 Å². The molecular weight excluding hydrogens is 290 g/mol. The molecule has 0 spiro atoms. The lowest BCUT2D eigenvalue weighted by Crippen LogP contribution is -2.16. The van der Waals surface area contributed by atoms with Crippen LogP contribution in [0.2, 0.25) is 0 Å². The molecule has 0 aliphatic heterocycles. The predicted molar refractivity (Wildman–Crippen MR) is 43.0 cm³/mol. The van der Waals surface area contributed by atoms with Crippen LogP contribution in [0.15, 0.2) is 16.6 Å². The Labute approximate surface area is 89.0 Å². The molecule has 0 aliphatic rings. The van der Waals surface area contributed by atoms with E-state index in [9.17, 15) is 26.3 Å². The van der Waals surface area contributed by atoms with Crippen LogP contribution in [0.1, 0.15) is 11.1 Å². The lowest BCUT2D eigenvalue weighted by molar-refractivity contribution is -0.162. The van der Waals surface area contributed by atoms with Gasteiger partial charge in [-0.2, -0.15) is 26.3 Å². The Morgan fingerprint density at radius 1 is 0.933 bits per heavy atom. The molecule has 15 heavy (non-hydrogen) atoms. The first-order valence-electron chi connectivity index (χ1n) is 3.48. The Hall–Kier alpha value is -0.720. The van der Waals surface area contributed by atoms with E-state index in [4.69, 9.17) is 0 Å². The molecule has 0 unspecified atom stereocenters. The highest BCUT2D eigenvalue weighted by Crippen LogP contribution is 2.40. The third-order valence-electron chi connectivity index (χ3n) is 1.53. The van der Waals surface area contributed by atoms with E-state index >= 15 is 0 Å². The van der Waals surface area contributed by atoms with Crippen molar-refractivity contribution in [2.75, 3.05) is 0 Å². The summed E-state index contributed by atoms with van der Waals surface area (Å²) in [5.74, 6) is 0. The molecule has 0 nitrogen and oxygen atoms in total. The molecule has 0 saturated heterocycles. The maximum atomic E-state index is 12.2. The molecule has 0 saturated carbocycles. The van der Waals surface area contributed by atoms with Crippen LogP contribution in [0.4, 0.5) is 26.3 Å². The Morgan fingerprint density at radius 3 is 1.80 bits per heavy atom. The van der Waals surface area contributed by atoms with Gasteiger partial charge >= 0.3 is 12.4 Å². The van der Waals surface area contributed by atoms with Crippen LogP contribution in [0, 0.1) is 6.07 Å². The third kappa shape index (κ3) is 2.87. The molecule has 0 atom stereocenters. The molecular formula is C8H2BrF6. The first kappa shape index (κ1) is 12.4. The molecule has 0 N–H and O–H groups in total. The lowest BCUT2D eigenvalue weighted by Gasteiger charge is -2.15. The predicted octanol–water partition coefficient (Wildman–Crippen LogP) is 4.29. The average molecular weight is 292 g/mol. The average Bonchev–Trinajstić information content (AvgIpc) is 2.00. The largest absolute Gasteiger partial charge is 0.417 e. The quantitative estimate of drug-likeness (QED) is 0.626. The van der Waals surface area contributed by atoms with Crippen molar-refractivity contribution in [3.63, 3.8) is 0 Å². The zero-order valence-corrected chi connectivity index (χ0v) is 8.39. The van der Waals surface area contributed by atoms with Gasteiger partial charge in [0.25, 0.3) is 0 Å². The molecule has 1 aromatic rings. The highest BCUT2D eigenvalue weighted by atomic mass is 79.9. The summed E-state index contributed by atoms with van der Waals surface area (Å²) in [5.41, 5.74) is -3.46. The van der Waals surface area contributed by atoms with Gasteiger partial charge in [0.2, 0.25) is 0 Å². The van der Waals surface area contributed by atoms with Gasteiger partial charge in [0.15, 0.2) is 0 Å². The smallest absolute Gasteiger partial charge is 0.166 e. The first-order chi connectivity index (χ1) is 6.62. The molecule has 1 rings (SSSR count). The summed E-state index contributed by atoms with van der Waals surface area (Å²) < 4.78 is 73.0. The second kappa shape index (κ2) is 3.70. The van der Waals surface area contributed by atoms with E-state index in [0.717, 1.165) is 0 Å². The van der Waals surface area contributed by atoms with Gasteiger partial charge < -0.3 is 0 Å². The van der Waals surface area contributed by atoms with Gasteiger partial charge in [-0.25, -0.2) is 0 Å². The fraction of sp³-hybridized carbons (Fsp3) is 0.250. The lowest BCUT2D eigenvalue weighted by atomic mass is 10.1. The van der Waals surface area contributed by atoms with Crippen LogP contribution >= 0.6 is 15.9 Å². The van der Waals surface area contributed by atoms with Crippen molar-refractivity contribution in [1.29, 1.82) is 0 Å². The van der Waals surface area contributed by atoms with Crippen molar-refractivity contribution < 1.29 is 26.3 Å². The normalized spacial score (nSPS) is 13.0. The molecule has 0 fully saturated rings. The van der Waals surface area contributed by atoms with Gasteiger partial charge in [0.1, 0.15) is 0 Å². The molecule has 1 aromatic carbocycles. The zero-order valence-electron chi connectivity index (χ0n) is 6.80. The molecule has 7 heteroatoms. The standard InChI is InChI=1S/C8H2BrF6/c9-4-1-2-5(7(10,11)12)6(3-4)8(13,14)15/h2-3H. The van der Waals surface area contributed by atoms with E-state index in [2.05, 4.69) is 15.9 Å². The summed E-state index contributed by atoms with van der Waals surface area (Å²) in [5, 5.41) is 0. The van der Waals surface area contributed by atoms with E-state index in [0.29, 0.717) is 6.07 Å². The minimum atomic E-state index is -5.04. The van der Waals surface area contributed by atoms with Gasteiger partial charge in [0, 0.05) is 4.47 Å². The highest BCUT2D eigenvalue weighted by Gasteiger charge is 2.42. The van der Waals surface area contributed by atoms with E-state index in [1.807, 2.05) is 6.07 Å². The Morgan fingerprint density at radius 2 is 1.40 bits per heavy atom. The van der Waals surface area contributed by atoms with Crippen LogP contribution in [-0.4, -0.2) is 0 Å². The van der Waals surface area contributed by atoms with Crippen LogP contribution in [0.5, 0.6) is 0 Å². The number of rotatable bonds is 0. The summed E-state index contributed by atoms with van der Waals surface area (Å²) in [4.78, 5) is 0. The molecule has 0 aromatic heterocycles. The molecule has 0 aliphatic carbocycles. The van der Waals surface area contributed by atoms with E-state index < -0.39 is 23.5 Å². The van der Waals surface area contributed by atoms with E-state index in [-0.39, 0.29) is 10.5 Å². The van der Waals surface area contributed by atoms with Gasteiger partial charge in [-0.3, -0.25) is 0 Å². The van der Waals surface area contributed by atoms with E-state index in [1.165, 1.54) is 0 Å². The summed E-state index contributed by atoms with van der Waals surface area (Å²) in [6.45, 7) is 0. The van der Waals surface area contributed by atoms with Gasteiger partial charge in [0.05, 0.1) is 11.1 Å². The molecule has 1 radical (unpaired) electrons. The topological polar surface area (TPSA) is 0 Å². The van der Waals surface area contributed by atoms with Crippen molar-refractivity contribution >= 4 is 15.9 Å². The van der Waals surface area contributed by atoms with Crippen LogP contribution in [0.3, 0.4) is 0 Å². The second-order valence-corrected chi connectivity index (χ2v) is 3.46. The first-order valence-corrected chi connectivity index (χ1v) is 4.27. The number of halogens is 7. The number of alkyl halides is 6. The fourth-order valence-corrected chi connectivity index (χ4v) is 1.28. The summed E-state index contributed by atoms with van der Waals surface area (Å²) >= 11 is 2.63. The van der Waals surface area contributed by atoms with Crippen molar-refractivity contribution in [3.05, 3.63) is 33.8 Å². The zero-order chi connectivity index (χ0) is 11.9. The summed E-state index contributed by atoms with van der Waals surface area (Å²) in [6.07, 6.45) is -10.1. The van der Waals surface area contributed by atoms with Crippen LogP contribution in [0.25, 0.3) is 0 Å². The minimum Gasteiger partial charge on any atom is -0.166 e.